The van der Waals surface area contributed by atoms with Crippen LogP contribution < -0.4 is 5.73 Å². The minimum absolute atomic E-state index is 0.0331. The van der Waals surface area contributed by atoms with Crippen LogP contribution in [-0.4, -0.2) is 29.4 Å². The fourth-order valence-electron chi connectivity index (χ4n) is 2.59. The predicted molar refractivity (Wildman–Crippen MR) is 76.5 cm³/mol. The summed E-state index contributed by atoms with van der Waals surface area (Å²) < 4.78 is 0. The van der Waals surface area contributed by atoms with Gasteiger partial charge < -0.3 is 10.6 Å². The summed E-state index contributed by atoms with van der Waals surface area (Å²) in [5.41, 5.74) is 7.96. The molecular formula is C14H18N2OS. The highest BCUT2D eigenvalue weighted by atomic mass is 32.1. The van der Waals surface area contributed by atoms with Gasteiger partial charge in [-0.1, -0.05) is 36.5 Å². The van der Waals surface area contributed by atoms with Gasteiger partial charge >= 0.3 is 0 Å². The number of nitrogens with zero attached hydrogens (tertiary/aromatic N) is 1. The summed E-state index contributed by atoms with van der Waals surface area (Å²) in [6.07, 6.45) is 3.05. The lowest BCUT2D eigenvalue weighted by Gasteiger charge is -2.28. The summed E-state index contributed by atoms with van der Waals surface area (Å²) in [4.78, 5) is 14.4. The van der Waals surface area contributed by atoms with Crippen LogP contribution in [0.4, 0.5) is 0 Å². The van der Waals surface area contributed by atoms with Crippen LogP contribution in [0.1, 0.15) is 29.9 Å². The number of benzene rings is 1. The lowest BCUT2D eigenvalue weighted by Crippen LogP contribution is -2.38. The van der Waals surface area contributed by atoms with E-state index in [0.29, 0.717) is 11.5 Å². The van der Waals surface area contributed by atoms with Crippen molar-refractivity contribution in [3.05, 3.63) is 35.4 Å². The topological polar surface area (TPSA) is 46.3 Å². The van der Waals surface area contributed by atoms with Crippen LogP contribution in [-0.2, 0) is 11.2 Å². The Labute approximate surface area is 113 Å². The molecule has 1 aromatic carbocycles. The van der Waals surface area contributed by atoms with Gasteiger partial charge in [0.1, 0.15) is 0 Å². The van der Waals surface area contributed by atoms with Crippen molar-refractivity contribution in [1.82, 2.24) is 4.90 Å². The number of nitrogens with two attached hydrogens (primary N) is 1. The van der Waals surface area contributed by atoms with Crippen molar-refractivity contribution in [2.75, 3.05) is 13.6 Å². The van der Waals surface area contributed by atoms with Crippen LogP contribution in [0, 0.1) is 0 Å². The second-order valence-corrected chi connectivity index (χ2v) is 5.33. The number of likely N-dealkylation sites (N-methyl/N-ethyl adjacent to an activating group) is 1. The molecule has 1 aromatic rings. The molecule has 0 heterocycles. The second-order valence-electron chi connectivity index (χ2n) is 4.80. The van der Waals surface area contributed by atoms with E-state index in [1.54, 1.807) is 11.9 Å². The number of hydrogen-bond donors (Lipinski definition) is 1. The zero-order chi connectivity index (χ0) is 13.1. The van der Waals surface area contributed by atoms with E-state index in [0.717, 1.165) is 19.3 Å². The Kier molecular flexibility index (Phi) is 3.97. The Morgan fingerprint density at radius 2 is 2.22 bits per heavy atom. The first-order chi connectivity index (χ1) is 8.59. The molecule has 1 atom stereocenters. The maximum Gasteiger partial charge on any atom is 0.230 e. The van der Waals surface area contributed by atoms with E-state index in [2.05, 4.69) is 12.1 Å². The first-order valence-electron chi connectivity index (χ1n) is 6.20. The van der Waals surface area contributed by atoms with Crippen molar-refractivity contribution >= 4 is 23.1 Å². The molecule has 0 spiro atoms. The molecule has 0 fully saturated rings. The Balaban J connectivity index is 2.20. The summed E-state index contributed by atoms with van der Waals surface area (Å²) in [6.45, 7) is 0.354. The Bertz CT molecular complexity index is 473. The Morgan fingerprint density at radius 1 is 1.50 bits per heavy atom. The highest BCUT2D eigenvalue weighted by Crippen LogP contribution is 2.32. The van der Waals surface area contributed by atoms with E-state index in [9.17, 15) is 4.79 Å². The fraction of sp³-hybridized carbons (Fsp3) is 0.429. The van der Waals surface area contributed by atoms with Gasteiger partial charge in [-0.05, 0) is 30.4 Å². The highest BCUT2D eigenvalue weighted by molar-refractivity contribution is 7.80. The number of fused-ring (bicyclic) bond motifs is 1. The van der Waals surface area contributed by atoms with E-state index in [4.69, 9.17) is 18.0 Å². The average molecular weight is 262 g/mol. The summed E-state index contributed by atoms with van der Waals surface area (Å²) in [5, 5.41) is 0. The minimum Gasteiger partial charge on any atom is -0.392 e. The number of rotatable bonds is 3. The maximum absolute atomic E-state index is 12.4. The SMILES string of the molecule is CN(CC(N)=S)C(=O)C1CCCc2ccccc21. The Hall–Kier alpha value is -1.42. The van der Waals surface area contributed by atoms with Crippen LogP contribution in [0.5, 0.6) is 0 Å². The molecule has 96 valence electrons. The van der Waals surface area contributed by atoms with Crippen LogP contribution in [0.25, 0.3) is 0 Å². The molecule has 2 N–H and O–H groups in total. The van der Waals surface area contributed by atoms with Gasteiger partial charge in [-0.25, -0.2) is 0 Å². The molecule has 0 saturated carbocycles. The highest BCUT2D eigenvalue weighted by Gasteiger charge is 2.28. The molecular weight excluding hydrogens is 244 g/mol. The van der Waals surface area contributed by atoms with Gasteiger partial charge in [0, 0.05) is 7.05 Å². The third kappa shape index (κ3) is 2.70. The molecule has 0 bridgehead atoms. The van der Waals surface area contributed by atoms with Gasteiger partial charge in [-0.2, -0.15) is 0 Å². The van der Waals surface area contributed by atoms with Crippen LogP contribution in [0.2, 0.25) is 0 Å². The summed E-state index contributed by atoms with van der Waals surface area (Å²) in [7, 11) is 1.76. The molecule has 2 rings (SSSR count). The molecule has 1 unspecified atom stereocenters. The molecule has 0 aliphatic heterocycles. The average Bonchev–Trinajstić information content (AvgIpc) is 2.36. The first kappa shape index (κ1) is 13.0. The third-order valence-corrected chi connectivity index (χ3v) is 3.57. The van der Waals surface area contributed by atoms with Crippen molar-refractivity contribution in [1.29, 1.82) is 0 Å². The molecule has 0 aromatic heterocycles. The molecule has 18 heavy (non-hydrogen) atoms. The summed E-state index contributed by atoms with van der Waals surface area (Å²) >= 11 is 4.85. The van der Waals surface area contributed by atoms with Gasteiger partial charge in [0.2, 0.25) is 5.91 Å². The van der Waals surface area contributed by atoms with E-state index >= 15 is 0 Å². The molecule has 3 nitrogen and oxygen atoms in total. The normalized spacial score (nSPS) is 17.9. The zero-order valence-electron chi connectivity index (χ0n) is 10.6. The number of aryl methyl sites for hydroxylation is 1. The van der Waals surface area contributed by atoms with Gasteiger partial charge in [-0.15, -0.1) is 0 Å². The quantitative estimate of drug-likeness (QED) is 0.846. The Morgan fingerprint density at radius 3 is 2.94 bits per heavy atom. The molecule has 1 amide bonds. The number of carbonyl (C=O) groups excluding carboxylic acids is 1. The number of carbonyl (C=O) groups is 1. The standard InChI is InChI=1S/C14H18N2OS/c1-16(9-13(15)18)14(17)12-8-4-6-10-5-2-3-7-11(10)12/h2-3,5,7,12H,4,6,8-9H2,1H3,(H2,15,18). The van der Waals surface area contributed by atoms with Crippen molar-refractivity contribution in [3.63, 3.8) is 0 Å². The van der Waals surface area contributed by atoms with Gasteiger partial charge in [0.15, 0.2) is 0 Å². The number of amides is 1. The largest absolute Gasteiger partial charge is 0.392 e. The lowest BCUT2D eigenvalue weighted by atomic mass is 9.82. The maximum atomic E-state index is 12.4. The lowest BCUT2D eigenvalue weighted by molar-refractivity contribution is -0.131. The van der Waals surface area contributed by atoms with E-state index in [1.807, 2.05) is 12.1 Å². The van der Waals surface area contributed by atoms with Crippen molar-refractivity contribution in [2.45, 2.75) is 25.2 Å². The third-order valence-electron chi connectivity index (χ3n) is 3.44. The predicted octanol–water partition coefficient (Wildman–Crippen LogP) is 1.85. The number of hydrogen-bond acceptors (Lipinski definition) is 2. The fourth-order valence-corrected chi connectivity index (χ4v) is 2.78. The van der Waals surface area contributed by atoms with Gasteiger partial charge in [0.25, 0.3) is 0 Å². The van der Waals surface area contributed by atoms with E-state index < -0.39 is 0 Å². The molecule has 0 saturated heterocycles. The smallest absolute Gasteiger partial charge is 0.230 e. The van der Waals surface area contributed by atoms with Crippen molar-refractivity contribution in [2.24, 2.45) is 5.73 Å². The monoisotopic (exact) mass is 262 g/mol. The van der Waals surface area contributed by atoms with Gasteiger partial charge in [-0.3, -0.25) is 4.79 Å². The van der Waals surface area contributed by atoms with Crippen LogP contribution in [0.15, 0.2) is 24.3 Å². The van der Waals surface area contributed by atoms with Gasteiger partial charge in [0.05, 0.1) is 17.5 Å². The molecule has 1 aliphatic rings. The zero-order valence-corrected chi connectivity index (χ0v) is 11.4. The van der Waals surface area contributed by atoms with Crippen LogP contribution >= 0.6 is 12.2 Å². The number of thiocarbonyl (C=S) groups is 1. The van der Waals surface area contributed by atoms with Crippen LogP contribution in [0.3, 0.4) is 0 Å². The minimum atomic E-state index is -0.0331. The summed E-state index contributed by atoms with van der Waals surface area (Å²) in [5.74, 6) is 0.0873. The second kappa shape index (κ2) is 5.48. The van der Waals surface area contributed by atoms with E-state index in [1.165, 1.54) is 11.1 Å². The summed E-state index contributed by atoms with van der Waals surface area (Å²) in [6, 6.07) is 8.20. The van der Waals surface area contributed by atoms with E-state index in [-0.39, 0.29) is 11.8 Å². The molecule has 1 aliphatic carbocycles. The first-order valence-corrected chi connectivity index (χ1v) is 6.61. The van der Waals surface area contributed by atoms with Crippen molar-refractivity contribution in [3.8, 4) is 0 Å². The molecule has 4 heteroatoms. The van der Waals surface area contributed by atoms with Crippen molar-refractivity contribution < 1.29 is 4.79 Å². The molecule has 0 radical (unpaired) electrons.